The van der Waals surface area contributed by atoms with E-state index in [1.807, 2.05) is 24.3 Å². The lowest BCUT2D eigenvalue weighted by atomic mass is 10.0. The van der Waals surface area contributed by atoms with Crippen molar-refractivity contribution in [1.29, 1.82) is 0 Å². The van der Waals surface area contributed by atoms with Gasteiger partial charge in [-0.05, 0) is 42.9 Å². The van der Waals surface area contributed by atoms with Crippen LogP contribution in [0.4, 0.5) is 4.39 Å². The predicted octanol–water partition coefficient (Wildman–Crippen LogP) is 3.18. The third-order valence-electron chi connectivity index (χ3n) is 4.44. The Labute approximate surface area is 157 Å². The molecule has 1 amide bonds. The van der Waals surface area contributed by atoms with Crippen LogP contribution in [0.1, 0.15) is 10.4 Å². The highest BCUT2D eigenvalue weighted by atomic mass is 19.1. The molecule has 140 valence electrons. The van der Waals surface area contributed by atoms with Gasteiger partial charge in [-0.25, -0.2) is 4.39 Å². The lowest BCUT2D eigenvalue weighted by molar-refractivity contribution is -0.129. The zero-order valence-corrected chi connectivity index (χ0v) is 15.6. The van der Waals surface area contributed by atoms with Gasteiger partial charge in [0.25, 0.3) is 0 Å². The second-order valence-corrected chi connectivity index (χ2v) is 6.81. The van der Waals surface area contributed by atoms with Crippen LogP contribution in [0.2, 0.25) is 0 Å². The standard InChI is InChI=1S/C21H22FN3O2/c1-24(2)19(27)13-25(3)12-18(26)20-16-6-4-5-7-17(16)23-21(20)14-8-10-15(22)11-9-14/h4-11,23H,12-13H2,1-3H3. The molecule has 0 spiro atoms. The summed E-state index contributed by atoms with van der Waals surface area (Å²) < 4.78 is 13.3. The van der Waals surface area contributed by atoms with E-state index in [0.717, 1.165) is 16.5 Å². The second-order valence-electron chi connectivity index (χ2n) is 6.81. The van der Waals surface area contributed by atoms with Crippen LogP contribution >= 0.6 is 0 Å². The van der Waals surface area contributed by atoms with Gasteiger partial charge in [0.15, 0.2) is 5.78 Å². The first-order valence-electron chi connectivity index (χ1n) is 8.65. The smallest absolute Gasteiger partial charge is 0.236 e. The number of benzene rings is 2. The van der Waals surface area contributed by atoms with E-state index < -0.39 is 0 Å². The number of Topliss-reactive ketones (excluding diaryl/α,β-unsaturated/α-hetero) is 1. The summed E-state index contributed by atoms with van der Waals surface area (Å²) >= 11 is 0. The van der Waals surface area contributed by atoms with E-state index in [0.29, 0.717) is 11.3 Å². The average molecular weight is 367 g/mol. The molecule has 0 fully saturated rings. The molecule has 27 heavy (non-hydrogen) atoms. The van der Waals surface area contributed by atoms with Crippen molar-refractivity contribution in [1.82, 2.24) is 14.8 Å². The molecule has 0 aliphatic carbocycles. The van der Waals surface area contributed by atoms with Gasteiger partial charge in [0.1, 0.15) is 5.82 Å². The highest BCUT2D eigenvalue weighted by Gasteiger charge is 2.21. The van der Waals surface area contributed by atoms with E-state index in [2.05, 4.69) is 4.98 Å². The number of hydrogen-bond donors (Lipinski definition) is 1. The number of halogens is 1. The first-order valence-corrected chi connectivity index (χ1v) is 8.65. The number of likely N-dealkylation sites (N-methyl/N-ethyl adjacent to an activating group) is 2. The second kappa shape index (κ2) is 7.72. The minimum Gasteiger partial charge on any atom is -0.354 e. The lowest BCUT2D eigenvalue weighted by Crippen LogP contribution is -2.37. The number of rotatable bonds is 6. The third-order valence-corrected chi connectivity index (χ3v) is 4.44. The first kappa shape index (κ1) is 18.8. The molecule has 0 aliphatic rings. The van der Waals surface area contributed by atoms with E-state index in [-0.39, 0.29) is 30.6 Å². The van der Waals surface area contributed by atoms with E-state index in [9.17, 15) is 14.0 Å². The molecule has 0 saturated carbocycles. The fourth-order valence-corrected chi connectivity index (χ4v) is 3.02. The number of fused-ring (bicyclic) bond motifs is 1. The maximum atomic E-state index is 13.3. The van der Waals surface area contributed by atoms with Gasteiger partial charge in [0, 0.05) is 25.0 Å². The number of H-pyrrole nitrogens is 1. The molecule has 0 atom stereocenters. The molecule has 0 bridgehead atoms. The first-order chi connectivity index (χ1) is 12.9. The fraction of sp³-hybridized carbons (Fsp3) is 0.238. The molecule has 0 radical (unpaired) electrons. The van der Waals surface area contributed by atoms with E-state index in [1.54, 1.807) is 38.2 Å². The van der Waals surface area contributed by atoms with Crippen LogP contribution in [0, 0.1) is 5.82 Å². The number of amides is 1. The number of nitrogens with zero attached hydrogens (tertiary/aromatic N) is 2. The minimum absolute atomic E-state index is 0.0667. The topological polar surface area (TPSA) is 56.4 Å². The molecular weight excluding hydrogens is 345 g/mol. The van der Waals surface area contributed by atoms with Gasteiger partial charge >= 0.3 is 0 Å². The number of carbonyl (C=O) groups is 2. The SMILES string of the molecule is CN(CC(=O)c1c(-c2ccc(F)cc2)[nH]c2ccccc12)CC(=O)N(C)C. The van der Waals surface area contributed by atoms with Gasteiger partial charge in [-0.2, -0.15) is 0 Å². The molecule has 0 unspecified atom stereocenters. The molecule has 0 saturated heterocycles. The van der Waals surface area contributed by atoms with Crippen LogP contribution in [-0.4, -0.2) is 60.7 Å². The van der Waals surface area contributed by atoms with Crippen LogP contribution in [0.5, 0.6) is 0 Å². The Morgan fingerprint density at radius 1 is 0.963 bits per heavy atom. The number of hydrogen-bond acceptors (Lipinski definition) is 3. The summed E-state index contributed by atoms with van der Waals surface area (Å²) in [4.78, 5) is 31.4. The van der Waals surface area contributed by atoms with Crippen molar-refractivity contribution in [3.05, 3.63) is 59.9 Å². The molecule has 1 heterocycles. The summed E-state index contributed by atoms with van der Waals surface area (Å²) in [6.07, 6.45) is 0. The molecule has 1 aromatic heterocycles. The molecule has 0 aliphatic heterocycles. The van der Waals surface area contributed by atoms with Gasteiger partial charge in [-0.1, -0.05) is 18.2 Å². The van der Waals surface area contributed by atoms with Crippen molar-refractivity contribution in [3.63, 3.8) is 0 Å². The van der Waals surface area contributed by atoms with Gasteiger partial charge in [0.05, 0.1) is 24.3 Å². The Morgan fingerprint density at radius 2 is 1.63 bits per heavy atom. The van der Waals surface area contributed by atoms with Crippen molar-refractivity contribution in [2.24, 2.45) is 0 Å². The van der Waals surface area contributed by atoms with E-state index in [4.69, 9.17) is 0 Å². The number of aromatic amines is 1. The van der Waals surface area contributed by atoms with Crippen LogP contribution in [0.15, 0.2) is 48.5 Å². The Bertz CT molecular complexity index is 977. The Kier molecular flexibility index (Phi) is 5.37. The Balaban J connectivity index is 1.97. The third kappa shape index (κ3) is 4.06. The van der Waals surface area contributed by atoms with E-state index >= 15 is 0 Å². The number of carbonyl (C=O) groups excluding carboxylic acids is 2. The molecule has 3 aromatic rings. The summed E-state index contributed by atoms with van der Waals surface area (Å²) in [7, 11) is 5.11. The van der Waals surface area contributed by atoms with Crippen LogP contribution in [0.25, 0.3) is 22.2 Å². The van der Waals surface area contributed by atoms with E-state index in [1.165, 1.54) is 17.0 Å². The number of aromatic nitrogens is 1. The summed E-state index contributed by atoms with van der Waals surface area (Å²) in [6, 6.07) is 13.6. The summed E-state index contributed by atoms with van der Waals surface area (Å²) in [5.74, 6) is -0.492. The maximum absolute atomic E-state index is 13.3. The maximum Gasteiger partial charge on any atom is 0.236 e. The summed E-state index contributed by atoms with van der Waals surface area (Å²) in [5, 5.41) is 0.814. The molecule has 1 N–H and O–H groups in total. The fourth-order valence-electron chi connectivity index (χ4n) is 3.02. The average Bonchev–Trinajstić information content (AvgIpc) is 3.01. The highest BCUT2D eigenvalue weighted by molar-refractivity contribution is 6.14. The monoisotopic (exact) mass is 367 g/mol. The Hall–Kier alpha value is -2.99. The molecule has 3 rings (SSSR count). The largest absolute Gasteiger partial charge is 0.354 e. The van der Waals surface area contributed by atoms with Crippen LogP contribution in [-0.2, 0) is 4.79 Å². The number of para-hydroxylation sites is 1. The van der Waals surface area contributed by atoms with Crippen LogP contribution < -0.4 is 0 Å². The quantitative estimate of drug-likeness (QED) is 0.681. The van der Waals surface area contributed by atoms with Crippen molar-refractivity contribution >= 4 is 22.6 Å². The van der Waals surface area contributed by atoms with Crippen molar-refractivity contribution in [3.8, 4) is 11.3 Å². The minimum atomic E-state index is -0.329. The van der Waals surface area contributed by atoms with Gasteiger partial charge in [-0.3, -0.25) is 14.5 Å². The number of nitrogens with one attached hydrogen (secondary N) is 1. The van der Waals surface area contributed by atoms with Crippen molar-refractivity contribution < 1.29 is 14.0 Å². The van der Waals surface area contributed by atoms with Gasteiger partial charge in [-0.15, -0.1) is 0 Å². The summed E-state index contributed by atoms with van der Waals surface area (Å²) in [5.41, 5.74) is 2.80. The van der Waals surface area contributed by atoms with Crippen molar-refractivity contribution in [2.45, 2.75) is 0 Å². The van der Waals surface area contributed by atoms with Crippen molar-refractivity contribution in [2.75, 3.05) is 34.2 Å². The summed E-state index contributed by atoms with van der Waals surface area (Å²) in [6.45, 7) is 0.266. The zero-order valence-electron chi connectivity index (χ0n) is 15.6. The van der Waals surface area contributed by atoms with Gasteiger partial charge < -0.3 is 9.88 Å². The normalized spacial score (nSPS) is 11.1. The Morgan fingerprint density at radius 3 is 2.30 bits per heavy atom. The number of ketones is 1. The molecule has 5 nitrogen and oxygen atoms in total. The van der Waals surface area contributed by atoms with Gasteiger partial charge in [0.2, 0.25) is 5.91 Å². The molecular formula is C21H22FN3O2. The lowest BCUT2D eigenvalue weighted by Gasteiger charge is -2.18. The predicted molar refractivity (Wildman–Crippen MR) is 104 cm³/mol. The van der Waals surface area contributed by atoms with Crippen LogP contribution in [0.3, 0.4) is 0 Å². The highest BCUT2D eigenvalue weighted by Crippen LogP contribution is 2.31. The molecule has 6 heteroatoms. The molecule has 2 aromatic carbocycles. The zero-order chi connectivity index (χ0) is 19.6.